The van der Waals surface area contributed by atoms with Gasteiger partial charge in [0.05, 0.1) is 0 Å². The fraction of sp³-hybridized carbons (Fsp3) is 0.846. The van der Waals surface area contributed by atoms with E-state index in [1.165, 1.54) is 0 Å². The number of hydrogen-bond donors (Lipinski definition) is 0. The van der Waals surface area contributed by atoms with Crippen molar-refractivity contribution in [3.8, 4) is 0 Å². The normalized spacial score (nSPS) is 23.5. The summed E-state index contributed by atoms with van der Waals surface area (Å²) >= 11 is 0. The summed E-state index contributed by atoms with van der Waals surface area (Å²) < 4.78 is 0. The number of ketones is 2. The summed E-state index contributed by atoms with van der Waals surface area (Å²) in [5, 5.41) is 0. The Bertz CT molecular complexity index is 270. The van der Waals surface area contributed by atoms with Crippen molar-refractivity contribution >= 4 is 11.6 Å². The third-order valence-electron chi connectivity index (χ3n) is 4.76. The van der Waals surface area contributed by atoms with Gasteiger partial charge >= 0.3 is 0 Å². The lowest BCUT2D eigenvalue weighted by Gasteiger charge is -2.42. The van der Waals surface area contributed by atoms with Crippen molar-refractivity contribution in [2.75, 3.05) is 0 Å². The molecule has 0 aliphatic heterocycles. The van der Waals surface area contributed by atoms with Crippen LogP contribution in [0, 0.1) is 10.8 Å². The van der Waals surface area contributed by atoms with Gasteiger partial charge in [0.25, 0.3) is 0 Å². The van der Waals surface area contributed by atoms with E-state index in [1.807, 2.05) is 13.8 Å². The van der Waals surface area contributed by atoms with Gasteiger partial charge in [-0.05, 0) is 31.1 Å². The van der Waals surface area contributed by atoms with Crippen molar-refractivity contribution in [2.24, 2.45) is 10.8 Å². The molecular weight excluding hydrogens is 188 g/mol. The highest BCUT2D eigenvalue weighted by molar-refractivity contribution is 6.41. The smallest absolute Gasteiger partial charge is 0.205 e. The van der Waals surface area contributed by atoms with E-state index in [0.717, 1.165) is 25.7 Å². The minimum atomic E-state index is -0.367. The Morgan fingerprint density at radius 2 is 1.40 bits per heavy atom. The highest BCUT2D eigenvalue weighted by Gasteiger charge is 2.59. The van der Waals surface area contributed by atoms with Gasteiger partial charge in [0.2, 0.25) is 5.78 Å². The number of hydrogen-bond acceptors (Lipinski definition) is 2. The number of rotatable bonds is 4. The second-order valence-corrected chi connectivity index (χ2v) is 4.71. The maximum atomic E-state index is 12.1. The molecule has 1 fully saturated rings. The molecule has 0 aromatic rings. The molecule has 1 aliphatic rings. The average molecular weight is 210 g/mol. The van der Waals surface area contributed by atoms with E-state index in [-0.39, 0.29) is 22.4 Å². The summed E-state index contributed by atoms with van der Waals surface area (Å²) in [5.74, 6) is -0.237. The summed E-state index contributed by atoms with van der Waals surface area (Å²) in [6, 6.07) is 0. The topological polar surface area (TPSA) is 34.1 Å². The Morgan fingerprint density at radius 3 is 1.67 bits per heavy atom. The fourth-order valence-corrected chi connectivity index (χ4v) is 3.56. The van der Waals surface area contributed by atoms with Gasteiger partial charge in [-0.25, -0.2) is 0 Å². The lowest BCUT2D eigenvalue weighted by atomic mass is 9.59. The third-order valence-corrected chi connectivity index (χ3v) is 4.76. The molecule has 0 N–H and O–H groups in total. The van der Waals surface area contributed by atoms with Crippen LogP contribution in [-0.4, -0.2) is 11.6 Å². The zero-order valence-corrected chi connectivity index (χ0v) is 10.4. The quantitative estimate of drug-likeness (QED) is 0.668. The molecule has 0 aromatic heterocycles. The van der Waals surface area contributed by atoms with Crippen LogP contribution in [0.3, 0.4) is 0 Å². The van der Waals surface area contributed by atoms with Crippen LogP contribution in [0.15, 0.2) is 0 Å². The predicted molar refractivity (Wildman–Crippen MR) is 60.7 cm³/mol. The van der Waals surface area contributed by atoms with Crippen LogP contribution in [-0.2, 0) is 9.59 Å². The van der Waals surface area contributed by atoms with Gasteiger partial charge in [-0.1, -0.05) is 27.7 Å². The highest BCUT2D eigenvalue weighted by Crippen LogP contribution is 2.57. The molecular formula is C13H22O2. The Labute approximate surface area is 92.4 Å². The van der Waals surface area contributed by atoms with Gasteiger partial charge in [0.1, 0.15) is 0 Å². The van der Waals surface area contributed by atoms with Crippen molar-refractivity contribution in [3.05, 3.63) is 0 Å². The Morgan fingerprint density at radius 1 is 0.933 bits per heavy atom. The molecule has 0 bridgehead atoms. The molecule has 15 heavy (non-hydrogen) atoms. The Kier molecular flexibility index (Phi) is 3.37. The second kappa shape index (κ2) is 4.07. The van der Waals surface area contributed by atoms with E-state index < -0.39 is 0 Å². The first-order chi connectivity index (χ1) is 7.03. The first kappa shape index (κ1) is 12.4. The zero-order valence-electron chi connectivity index (χ0n) is 10.4. The van der Waals surface area contributed by atoms with Gasteiger partial charge in [-0.3, -0.25) is 9.59 Å². The molecule has 0 atom stereocenters. The zero-order chi connectivity index (χ0) is 11.7. The molecule has 0 aromatic carbocycles. The lowest BCUT2D eigenvalue weighted by molar-refractivity contribution is -0.140. The van der Waals surface area contributed by atoms with Gasteiger partial charge in [0, 0.05) is 11.8 Å². The summed E-state index contributed by atoms with van der Waals surface area (Å²) in [6.45, 7) is 8.30. The van der Waals surface area contributed by atoms with Gasteiger partial charge in [-0.15, -0.1) is 0 Å². The van der Waals surface area contributed by atoms with Crippen LogP contribution in [0.1, 0.15) is 59.8 Å². The first-order valence-electron chi connectivity index (χ1n) is 6.11. The molecule has 0 amide bonds. The summed E-state index contributed by atoms with van der Waals surface area (Å²) in [7, 11) is 0. The molecule has 0 unspecified atom stereocenters. The van der Waals surface area contributed by atoms with Crippen LogP contribution < -0.4 is 0 Å². The maximum Gasteiger partial charge on any atom is 0.205 e. The van der Waals surface area contributed by atoms with E-state index in [0.29, 0.717) is 6.42 Å². The standard InChI is InChI=1S/C13H22O2/c1-5-12(6-2)9-10(14)11(15)13(12,7-3)8-4/h5-9H2,1-4H3. The molecule has 2 heteroatoms. The summed E-state index contributed by atoms with van der Waals surface area (Å²) in [6.07, 6.45) is 3.94. The molecule has 0 saturated heterocycles. The molecule has 0 spiro atoms. The van der Waals surface area contributed by atoms with E-state index in [4.69, 9.17) is 0 Å². The van der Waals surface area contributed by atoms with Crippen LogP contribution in [0.4, 0.5) is 0 Å². The van der Waals surface area contributed by atoms with Gasteiger partial charge in [-0.2, -0.15) is 0 Å². The van der Waals surface area contributed by atoms with E-state index in [2.05, 4.69) is 13.8 Å². The van der Waals surface area contributed by atoms with Crippen LogP contribution >= 0.6 is 0 Å². The molecule has 1 rings (SSSR count). The largest absolute Gasteiger partial charge is 0.291 e. The summed E-state index contributed by atoms with van der Waals surface area (Å²) in [4.78, 5) is 23.8. The van der Waals surface area contributed by atoms with E-state index >= 15 is 0 Å². The van der Waals surface area contributed by atoms with Crippen molar-refractivity contribution in [1.29, 1.82) is 0 Å². The number of Topliss-reactive ketones (excluding diaryl/α,β-unsaturated/α-hetero) is 2. The molecule has 2 nitrogen and oxygen atoms in total. The fourth-order valence-electron chi connectivity index (χ4n) is 3.56. The predicted octanol–water partition coefficient (Wildman–Crippen LogP) is 3.14. The lowest BCUT2D eigenvalue weighted by Crippen LogP contribution is -2.40. The minimum Gasteiger partial charge on any atom is -0.291 e. The molecule has 1 saturated carbocycles. The maximum absolute atomic E-state index is 12.1. The Balaban J connectivity index is 3.27. The molecule has 0 radical (unpaired) electrons. The highest BCUT2D eigenvalue weighted by atomic mass is 16.2. The van der Waals surface area contributed by atoms with Gasteiger partial charge in [0.15, 0.2) is 5.78 Å². The first-order valence-corrected chi connectivity index (χ1v) is 6.11. The third kappa shape index (κ3) is 1.37. The Hall–Kier alpha value is -0.660. The molecule has 0 heterocycles. The average Bonchev–Trinajstić information content (AvgIpc) is 2.49. The van der Waals surface area contributed by atoms with E-state index in [1.54, 1.807) is 0 Å². The van der Waals surface area contributed by atoms with Crippen molar-refractivity contribution in [3.63, 3.8) is 0 Å². The van der Waals surface area contributed by atoms with Crippen LogP contribution in [0.25, 0.3) is 0 Å². The van der Waals surface area contributed by atoms with Crippen LogP contribution in [0.5, 0.6) is 0 Å². The monoisotopic (exact) mass is 210 g/mol. The molecule has 1 aliphatic carbocycles. The van der Waals surface area contributed by atoms with Crippen molar-refractivity contribution < 1.29 is 9.59 Å². The minimum absolute atomic E-state index is 0.0648. The number of carbonyl (C=O) groups is 2. The van der Waals surface area contributed by atoms with Gasteiger partial charge < -0.3 is 0 Å². The SMILES string of the molecule is CCC1(CC)CC(=O)C(=O)C1(CC)CC. The van der Waals surface area contributed by atoms with Crippen LogP contribution in [0.2, 0.25) is 0 Å². The molecule has 86 valence electrons. The number of carbonyl (C=O) groups excluding carboxylic acids is 2. The van der Waals surface area contributed by atoms with Crippen molar-refractivity contribution in [2.45, 2.75) is 59.8 Å². The summed E-state index contributed by atoms with van der Waals surface area (Å²) in [5.41, 5.74) is -0.432. The second-order valence-electron chi connectivity index (χ2n) is 4.71. The van der Waals surface area contributed by atoms with E-state index in [9.17, 15) is 9.59 Å². The van der Waals surface area contributed by atoms with Crippen molar-refractivity contribution in [1.82, 2.24) is 0 Å².